The van der Waals surface area contributed by atoms with Crippen LogP contribution in [0.2, 0.25) is 0 Å². The van der Waals surface area contributed by atoms with Gasteiger partial charge in [-0.05, 0) is 23.3 Å². The number of ether oxygens (including phenoxy) is 6. The zero-order valence-electron chi connectivity index (χ0n) is 27.7. The first-order valence-corrected chi connectivity index (χ1v) is 15.2. The van der Waals surface area contributed by atoms with Crippen molar-refractivity contribution in [2.75, 3.05) is 42.7 Å². The normalized spacial score (nSPS) is 11.0. The van der Waals surface area contributed by atoms with E-state index in [9.17, 15) is 9.59 Å². The van der Waals surface area contributed by atoms with Crippen molar-refractivity contribution in [1.29, 1.82) is 0 Å². The first-order valence-electron chi connectivity index (χ1n) is 15.2. The van der Waals surface area contributed by atoms with Crippen molar-refractivity contribution in [3.05, 3.63) is 107 Å². The lowest BCUT2D eigenvalue weighted by Crippen LogP contribution is -2.13. The molecule has 0 aliphatic carbocycles. The van der Waals surface area contributed by atoms with Crippen molar-refractivity contribution in [3.63, 3.8) is 0 Å². The van der Waals surface area contributed by atoms with Gasteiger partial charge in [-0.25, -0.2) is 9.59 Å². The molecule has 0 aliphatic rings. The summed E-state index contributed by atoms with van der Waals surface area (Å²) in [4.78, 5) is 27.3. The third-order valence-electron chi connectivity index (χ3n) is 8.51. The molecule has 0 N–H and O–H groups in total. The van der Waals surface area contributed by atoms with Crippen LogP contribution in [0.5, 0.6) is 23.0 Å². The molecule has 0 bridgehead atoms. The highest BCUT2D eigenvalue weighted by molar-refractivity contribution is 6.16. The summed E-state index contributed by atoms with van der Waals surface area (Å²) in [6.45, 7) is 0.712. The molecule has 0 saturated heterocycles. The first-order chi connectivity index (χ1) is 23.4. The molecule has 0 atom stereocenters. The summed E-state index contributed by atoms with van der Waals surface area (Å²) >= 11 is 0. The van der Waals surface area contributed by atoms with Crippen LogP contribution in [0.15, 0.2) is 84.9 Å². The molecule has 4 aromatic carbocycles. The molecule has 0 spiro atoms. The van der Waals surface area contributed by atoms with Crippen LogP contribution in [-0.4, -0.2) is 63.7 Å². The van der Waals surface area contributed by atoms with Gasteiger partial charge in [0.2, 0.25) is 0 Å². The summed E-state index contributed by atoms with van der Waals surface area (Å²) < 4.78 is 37.9. The van der Waals surface area contributed by atoms with Crippen LogP contribution in [0.3, 0.4) is 0 Å². The van der Waals surface area contributed by atoms with Crippen molar-refractivity contribution < 1.29 is 38.0 Å². The van der Waals surface area contributed by atoms with Gasteiger partial charge in [-0.1, -0.05) is 60.7 Å². The molecular weight excluding hydrogens is 612 g/mol. The fraction of sp³-hybridized carbons (Fsp3) is 0.211. The van der Waals surface area contributed by atoms with E-state index in [-0.39, 0.29) is 5.69 Å². The van der Waals surface area contributed by atoms with Gasteiger partial charge in [0.05, 0.1) is 53.7 Å². The minimum atomic E-state index is -0.565. The molecule has 6 rings (SSSR count). The van der Waals surface area contributed by atoms with E-state index in [0.717, 1.165) is 11.1 Å². The average Bonchev–Trinajstić information content (AvgIpc) is 3.64. The fourth-order valence-electron chi connectivity index (χ4n) is 6.33. The number of benzene rings is 4. The van der Waals surface area contributed by atoms with Crippen molar-refractivity contribution >= 4 is 33.7 Å². The SMILES string of the molecule is COC(=O)c1cc2c(-c3c(C(=O)OC)n(Cc4ccccc4)c4cc(OC)c(OC)cc34)c(OC)c(OC)cc2n1Cc1ccccc1. The number of hydrogen-bond donors (Lipinski definition) is 0. The number of fused-ring (bicyclic) bond motifs is 2. The van der Waals surface area contributed by atoms with Crippen LogP contribution in [-0.2, 0) is 22.6 Å². The summed E-state index contributed by atoms with van der Waals surface area (Å²) in [5, 5.41) is 1.31. The maximum Gasteiger partial charge on any atom is 0.355 e. The highest BCUT2D eigenvalue weighted by atomic mass is 16.5. The third kappa shape index (κ3) is 5.45. The maximum atomic E-state index is 14.0. The molecule has 0 aliphatic heterocycles. The highest BCUT2D eigenvalue weighted by Gasteiger charge is 2.32. The third-order valence-corrected chi connectivity index (χ3v) is 8.51. The number of hydrogen-bond acceptors (Lipinski definition) is 8. The number of nitrogens with zero attached hydrogens (tertiary/aromatic N) is 2. The Labute approximate surface area is 277 Å². The Morgan fingerprint density at radius 1 is 0.542 bits per heavy atom. The second-order valence-electron chi connectivity index (χ2n) is 11.0. The van der Waals surface area contributed by atoms with Gasteiger partial charge in [0.15, 0.2) is 23.0 Å². The zero-order chi connectivity index (χ0) is 33.9. The zero-order valence-corrected chi connectivity index (χ0v) is 27.7. The largest absolute Gasteiger partial charge is 0.493 e. The van der Waals surface area contributed by atoms with Gasteiger partial charge in [-0.2, -0.15) is 0 Å². The molecule has 10 nitrogen and oxygen atoms in total. The molecule has 10 heteroatoms. The lowest BCUT2D eigenvalue weighted by molar-refractivity contribution is 0.0581. The van der Waals surface area contributed by atoms with E-state index in [0.29, 0.717) is 74.7 Å². The molecule has 0 saturated carbocycles. The number of carbonyl (C=O) groups excluding carboxylic acids is 2. The Morgan fingerprint density at radius 3 is 1.58 bits per heavy atom. The predicted molar refractivity (Wildman–Crippen MR) is 183 cm³/mol. The Bertz CT molecular complexity index is 2130. The topological polar surface area (TPSA) is 99.4 Å². The molecule has 246 valence electrons. The Hall–Kier alpha value is -5.90. The van der Waals surface area contributed by atoms with Crippen molar-refractivity contribution in [2.24, 2.45) is 0 Å². The van der Waals surface area contributed by atoms with Crippen molar-refractivity contribution in [2.45, 2.75) is 13.1 Å². The molecule has 48 heavy (non-hydrogen) atoms. The summed E-state index contributed by atoms with van der Waals surface area (Å²) in [5.74, 6) is 0.655. The van der Waals surface area contributed by atoms with E-state index in [4.69, 9.17) is 28.4 Å². The van der Waals surface area contributed by atoms with E-state index in [1.165, 1.54) is 14.2 Å². The summed E-state index contributed by atoms with van der Waals surface area (Å²) in [6, 6.07) is 26.9. The van der Waals surface area contributed by atoms with E-state index < -0.39 is 11.9 Å². The lowest BCUT2D eigenvalue weighted by Gasteiger charge is -2.17. The van der Waals surface area contributed by atoms with Gasteiger partial charge in [-0.15, -0.1) is 0 Å². The molecule has 0 unspecified atom stereocenters. The average molecular weight is 649 g/mol. The number of esters is 2. The second kappa shape index (κ2) is 13.4. The molecule has 2 heterocycles. The number of aromatic nitrogens is 2. The van der Waals surface area contributed by atoms with Gasteiger partial charge >= 0.3 is 11.9 Å². The van der Waals surface area contributed by atoms with Gasteiger partial charge < -0.3 is 37.6 Å². The molecule has 0 amide bonds. The molecule has 0 radical (unpaired) electrons. The Balaban J connectivity index is 1.80. The second-order valence-corrected chi connectivity index (χ2v) is 11.0. The number of rotatable bonds is 11. The summed E-state index contributed by atoms with van der Waals surface area (Å²) in [6.07, 6.45) is 0. The lowest BCUT2D eigenvalue weighted by atomic mass is 9.96. The maximum absolute atomic E-state index is 14.0. The van der Waals surface area contributed by atoms with Gasteiger partial charge in [0, 0.05) is 47.1 Å². The van der Waals surface area contributed by atoms with Crippen LogP contribution in [0.25, 0.3) is 32.9 Å². The van der Waals surface area contributed by atoms with Crippen LogP contribution in [0.4, 0.5) is 0 Å². The van der Waals surface area contributed by atoms with Crippen LogP contribution < -0.4 is 18.9 Å². The quantitative estimate of drug-likeness (QED) is 0.139. The van der Waals surface area contributed by atoms with E-state index in [1.54, 1.807) is 34.5 Å². The fourth-order valence-corrected chi connectivity index (χ4v) is 6.33. The summed E-state index contributed by atoms with van der Waals surface area (Å²) in [7, 11) is 8.91. The summed E-state index contributed by atoms with van der Waals surface area (Å²) in [5.41, 5.74) is 4.95. The standard InChI is InChI=1S/C38H36N2O8/c1-43-30-18-26-28(19-31(30)44-2)40(22-24-15-11-8-12-16-24)35(38(42)48-6)33(26)34-25-17-29(37(41)47-5)39(21-23-13-9-7-10-14-23)27(25)20-32(45-3)36(34)46-4/h7-20H,21-22H2,1-6H3. The molecular formula is C38H36N2O8. The first kappa shape index (κ1) is 32.1. The minimum Gasteiger partial charge on any atom is -0.493 e. The van der Waals surface area contributed by atoms with Crippen molar-refractivity contribution in [3.8, 4) is 34.1 Å². The van der Waals surface area contributed by atoms with Crippen molar-refractivity contribution in [1.82, 2.24) is 9.13 Å². The molecule has 6 aromatic rings. The van der Waals surface area contributed by atoms with E-state index in [2.05, 4.69) is 0 Å². The van der Waals surface area contributed by atoms with E-state index in [1.807, 2.05) is 88.0 Å². The highest BCUT2D eigenvalue weighted by Crippen LogP contribution is 2.50. The number of methoxy groups -OCH3 is 6. The van der Waals surface area contributed by atoms with Crippen LogP contribution in [0.1, 0.15) is 32.1 Å². The van der Waals surface area contributed by atoms with E-state index >= 15 is 0 Å². The van der Waals surface area contributed by atoms with Gasteiger partial charge in [0.25, 0.3) is 0 Å². The van der Waals surface area contributed by atoms with Crippen LogP contribution in [0, 0.1) is 0 Å². The Morgan fingerprint density at radius 2 is 1.04 bits per heavy atom. The monoisotopic (exact) mass is 648 g/mol. The number of carbonyl (C=O) groups is 2. The van der Waals surface area contributed by atoms with Gasteiger partial charge in [0.1, 0.15) is 11.4 Å². The molecule has 0 fully saturated rings. The molecule has 2 aromatic heterocycles. The minimum absolute atomic E-state index is 0.273. The smallest absolute Gasteiger partial charge is 0.355 e. The van der Waals surface area contributed by atoms with Crippen LogP contribution >= 0.6 is 0 Å². The van der Waals surface area contributed by atoms with Gasteiger partial charge in [-0.3, -0.25) is 0 Å². The Kier molecular flexibility index (Phi) is 8.98. The predicted octanol–water partition coefficient (Wildman–Crippen LogP) is 6.97.